The molecule has 3 rings (SSSR count). The lowest BCUT2D eigenvalue weighted by Crippen LogP contribution is -2.36. The quantitative estimate of drug-likeness (QED) is 0.941. The molecular formula is C16H21FN2O2. The Morgan fingerprint density at radius 1 is 1.43 bits per heavy atom. The molecule has 1 unspecified atom stereocenters. The van der Waals surface area contributed by atoms with Crippen molar-refractivity contribution < 1.29 is 14.0 Å². The van der Waals surface area contributed by atoms with Gasteiger partial charge in [-0.3, -0.25) is 0 Å². The molecule has 2 heterocycles. The van der Waals surface area contributed by atoms with Crippen LogP contribution in [0.1, 0.15) is 31.4 Å². The second-order valence-corrected chi connectivity index (χ2v) is 6.07. The van der Waals surface area contributed by atoms with E-state index in [-0.39, 0.29) is 12.4 Å². The lowest BCUT2D eigenvalue weighted by atomic mass is 9.91. The van der Waals surface area contributed by atoms with E-state index in [4.69, 9.17) is 9.63 Å². The summed E-state index contributed by atoms with van der Waals surface area (Å²) >= 11 is 0. The lowest BCUT2D eigenvalue weighted by Gasteiger charge is -2.32. The van der Waals surface area contributed by atoms with Gasteiger partial charge in [0.25, 0.3) is 0 Å². The Bertz CT molecular complexity index is 605. The zero-order valence-corrected chi connectivity index (χ0v) is 12.3. The van der Waals surface area contributed by atoms with Gasteiger partial charge in [0.1, 0.15) is 5.82 Å². The van der Waals surface area contributed by atoms with Gasteiger partial charge in [0.15, 0.2) is 5.58 Å². The highest BCUT2D eigenvalue weighted by Crippen LogP contribution is 2.32. The van der Waals surface area contributed by atoms with Crippen molar-refractivity contribution in [3.05, 3.63) is 29.7 Å². The summed E-state index contributed by atoms with van der Waals surface area (Å²) in [5.41, 5.74) is 1.49. The van der Waals surface area contributed by atoms with Crippen LogP contribution in [0, 0.1) is 11.7 Å². The van der Waals surface area contributed by atoms with Gasteiger partial charge in [-0.2, -0.15) is 0 Å². The number of nitrogens with zero attached hydrogens (tertiary/aromatic N) is 2. The summed E-state index contributed by atoms with van der Waals surface area (Å²) in [6.07, 6.45) is 2.05. The third-order valence-electron chi connectivity index (χ3n) is 4.32. The van der Waals surface area contributed by atoms with Crippen molar-refractivity contribution in [2.24, 2.45) is 5.92 Å². The third-order valence-corrected chi connectivity index (χ3v) is 4.32. The smallest absolute Gasteiger partial charge is 0.170 e. The average molecular weight is 292 g/mol. The number of aliphatic hydroxyl groups excluding tert-OH is 1. The van der Waals surface area contributed by atoms with Gasteiger partial charge in [0.2, 0.25) is 0 Å². The van der Waals surface area contributed by atoms with Gasteiger partial charge in [-0.1, -0.05) is 12.1 Å². The summed E-state index contributed by atoms with van der Waals surface area (Å²) in [6.45, 7) is 5.24. The van der Waals surface area contributed by atoms with Gasteiger partial charge >= 0.3 is 0 Å². The van der Waals surface area contributed by atoms with Crippen LogP contribution in [-0.4, -0.2) is 41.4 Å². The van der Waals surface area contributed by atoms with Crippen molar-refractivity contribution in [1.82, 2.24) is 10.1 Å². The fourth-order valence-corrected chi connectivity index (χ4v) is 3.11. The number of aliphatic hydroxyl groups is 1. The minimum absolute atomic E-state index is 0.236. The Hall–Kier alpha value is -1.46. The SMILES string of the molecule is CC(CO)CN1CCC(c2noc3cc(F)ccc23)CC1. The molecule has 0 saturated carbocycles. The van der Waals surface area contributed by atoms with Crippen LogP contribution < -0.4 is 0 Å². The summed E-state index contributed by atoms with van der Waals surface area (Å²) in [5, 5.41) is 14.2. The van der Waals surface area contributed by atoms with Crippen molar-refractivity contribution in [3.63, 3.8) is 0 Å². The first-order valence-corrected chi connectivity index (χ1v) is 7.55. The van der Waals surface area contributed by atoms with Crippen molar-refractivity contribution in [3.8, 4) is 0 Å². The zero-order chi connectivity index (χ0) is 14.8. The standard InChI is InChI=1S/C16H21FN2O2/c1-11(10-20)9-19-6-4-12(5-7-19)16-14-3-2-13(17)8-15(14)21-18-16/h2-3,8,11-12,20H,4-7,9-10H2,1H3. The van der Waals surface area contributed by atoms with Crippen LogP contribution >= 0.6 is 0 Å². The Morgan fingerprint density at radius 2 is 2.19 bits per heavy atom. The molecule has 0 bridgehead atoms. The minimum Gasteiger partial charge on any atom is -0.396 e. The minimum atomic E-state index is -0.294. The van der Waals surface area contributed by atoms with E-state index in [1.54, 1.807) is 6.07 Å². The monoisotopic (exact) mass is 292 g/mol. The van der Waals surface area contributed by atoms with E-state index in [1.807, 2.05) is 0 Å². The van der Waals surface area contributed by atoms with E-state index in [2.05, 4.69) is 17.0 Å². The molecule has 4 nitrogen and oxygen atoms in total. The van der Waals surface area contributed by atoms with Crippen LogP contribution in [0.25, 0.3) is 11.0 Å². The van der Waals surface area contributed by atoms with Crippen LogP contribution in [0.5, 0.6) is 0 Å². The first-order chi connectivity index (χ1) is 10.2. The largest absolute Gasteiger partial charge is 0.396 e. The number of benzene rings is 1. The molecule has 2 aromatic rings. The Morgan fingerprint density at radius 3 is 2.90 bits per heavy atom. The highest BCUT2D eigenvalue weighted by molar-refractivity contribution is 5.79. The molecule has 1 aromatic heterocycles. The van der Waals surface area contributed by atoms with Gasteiger partial charge in [-0.15, -0.1) is 0 Å². The number of piperidine rings is 1. The zero-order valence-electron chi connectivity index (χ0n) is 12.3. The molecule has 0 amide bonds. The molecular weight excluding hydrogens is 271 g/mol. The molecule has 0 spiro atoms. The normalized spacial score (nSPS) is 19.2. The maximum absolute atomic E-state index is 13.2. The average Bonchev–Trinajstić information content (AvgIpc) is 2.90. The summed E-state index contributed by atoms with van der Waals surface area (Å²) in [5.74, 6) is 0.396. The number of hydrogen-bond acceptors (Lipinski definition) is 4. The van der Waals surface area contributed by atoms with Crippen molar-refractivity contribution in [2.75, 3.05) is 26.2 Å². The molecule has 0 radical (unpaired) electrons. The lowest BCUT2D eigenvalue weighted by molar-refractivity contribution is 0.147. The third kappa shape index (κ3) is 3.09. The molecule has 1 atom stereocenters. The number of hydrogen-bond donors (Lipinski definition) is 1. The molecule has 21 heavy (non-hydrogen) atoms. The van der Waals surface area contributed by atoms with E-state index in [0.29, 0.717) is 17.4 Å². The van der Waals surface area contributed by atoms with E-state index in [0.717, 1.165) is 43.6 Å². The van der Waals surface area contributed by atoms with Crippen molar-refractivity contribution in [2.45, 2.75) is 25.7 Å². The molecule has 114 valence electrons. The Labute approximate surface area is 123 Å². The summed E-state index contributed by atoms with van der Waals surface area (Å²) in [6, 6.07) is 4.61. The van der Waals surface area contributed by atoms with Gasteiger partial charge in [0, 0.05) is 30.5 Å². The van der Waals surface area contributed by atoms with Crippen LogP contribution in [0.3, 0.4) is 0 Å². The van der Waals surface area contributed by atoms with E-state index >= 15 is 0 Å². The number of halogens is 1. The van der Waals surface area contributed by atoms with Crippen LogP contribution in [0.2, 0.25) is 0 Å². The number of likely N-dealkylation sites (tertiary alicyclic amines) is 1. The second-order valence-electron chi connectivity index (χ2n) is 6.07. The number of rotatable bonds is 4. The fourth-order valence-electron chi connectivity index (χ4n) is 3.11. The topological polar surface area (TPSA) is 49.5 Å². The maximum Gasteiger partial charge on any atom is 0.170 e. The number of fused-ring (bicyclic) bond motifs is 1. The highest BCUT2D eigenvalue weighted by Gasteiger charge is 2.25. The molecule has 1 N–H and O–H groups in total. The van der Waals surface area contributed by atoms with E-state index in [1.165, 1.54) is 12.1 Å². The molecule has 1 saturated heterocycles. The van der Waals surface area contributed by atoms with Crippen LogP contribution in [0.4, 0.5) is 4.39 Å². The Balaban J connectivity index is 1.68. The summed E-state index contributed by atoms with van der Waals surface area (Å²) < 4.78 is 18.4. The molecule has 1 aromatic carbocycles. The molecule has 1 fully saturated rings. The fraction of sp³-hybridized carbons (Fsp3) is 0.562. The van der Waals surface area contributed by atoms with E-state index in [9.17, 15) is 4.39 Å². The van der Waals surface area contributed by atoms with Crippen molar-refractivity contribution in [1.29, 1.82) is 0 Å². The van der Waals surface area contributed by atoms with Gasteiger partial charge in [-0.05, 0) is 44.0 Å². The summed E-state index contributed by atoms with van der Waals surface area (Å²) in [7, 11) is 0. The highest BCUT2D eigenvalue weighted by atomic mass is 19.1. The van der Waals surface area contributed by atoms with Crippen molar-refractivity contribution >= 4 is 11.0 Å². The van der Waals surface area contributed by atoms with Crippen LogP contribution in [-0.2, 0) is 0 Å². The molecule has 1 aliphatic heterocycles. The Kier molecular flexibility index (Phi) is 4.22. The molecule has 5 heteroatoms. The van der Waals surface area contributed by atoms with Gasteiger partial charge in [0.05, 0.1) is 5.69 Å². The predicted molar refractivity (Wildman–Crippen MR) is 78.6 cm³/mol. The van der Waals surface area contributed by atoms with Gasteiger partial charge in [-0.25, -0.2) is 4.39 Å². The first kappa shape index (κ1) is 14.5. The van der Waals surface area contributed by atoms with E-state index < -0.39 is 0 Å². The maximum atomic E-state index is 13.2. The van der Waals surface area contributed by atoms with Crippen LogP contribution in [0.15, 0.2) is 22.7 Å². The van der Waals surface area contributed by atoms with Gasteiger partial charge < -0.3 is 14.5 Å². The first-order valence-electron chi connectivity index (χ1n) is 7.55. The second kappa shape index (κ2) is 6.12. The summed E-state index contributed by atoms with van der Waals surface area (Å²) in [4.78, 5) is 2.39. The number of aromatic nitrogens is 1. The molecule has 1 aliphatic rings. The predicted octanol–water partition coefficient (Wildman–Crippen LogP) is 2.77. The molecule has 0 aliphatic carbocycles.